The van der Waals surface area contributed by atoms with Gasteiger partial charge in [0.05, 0.1) is 6.04 Å². The Morgan fingerprint density at radius 1 is 1.13 bits per heavy atom. The number of rotatable bonds is 7. The number of carbonyl (C=O) groups excluding carboxylic acids is 2. The number of hydrogen-bond donors (Lipinski definition) is 1. The summed E-state index contributed by atoms with van der Waals surface area (Å²) in [4.78, 5) is 27.2. The quantitative estimate of drug-likeness (QED) is 0.712. The third-order valence-corrected chi connectivity index (χ3v) is 5.73. The number of aryl methyl sites for hydroxylation is 1. The van der Waals surface area contributed by atoms with Gasteiger partial charge in [0.2, 0.25) is 5.91 Å². The molecule has 2 atom stereocenters. The van der Waals surface area contributed by atoms with Crippen LogP contribution in [0.25, 0.3) is 0 Å². The predicted molar refractivity (Wildman–Crippen MR) is 123 cm³/mol. The molecule has 0 spiro atoms. The Morgan fingerprint density at radius 2 is 1.84 bits per heavy atom. The first kappa shape index (κ1) is 22.9. The summed E-state index contributed by atoms with van der Waals surface area (Å²) in [6, 6.07) is 14.3. The van der Waals surface area contributed by atoms with Crippen molar-refractivity contribution in [1.82, 2.24) is 10.2 Å². The van der Waals surface area contributed by atoms with Gasteiger partial charge in [-0.25, -0.2) is 0 Å². The molecule has 2 amide bonds. The molecular formula is C26H34N2O3. The summed E-state index contributed by atoms with van der Waals surface area (Å²) in [6.45, 7) is 10.5. The van der Waals surface area contributed by atoms with Crippen LogP contribution in [0.5, 0.6) is 5.75 Å². The zero-order valence-corrected chi connectivity index (χ0v) is 19.3. The Hall–Kier alpha value is -2.82. The van der Waals surface area contributed by atoms with Gasteiger partial charge in [0.15, 0.2) is 6.10 Å². The fraction of sp³-hybridized carbons (Fsp3) is 0.462. The Kier molecular flexibility index (Phi) is 7.37. The molecule has 5 nitrogen and oxygen atoms in total. The summed E-state index contributed by atoms with van der Waals surface area (Å²) in [5, 5.41) is 2.93. The van der Waals surface area contributed by atoms with E-state index in [4.69, 9.17) is 4.74 Å². The van der Waals surface area contributed by atoms with Crippen molar-refractivity contribution in [2.24, 2.45) is 0 Å². The van der Waals surface area contributed by atoms with E-state index in [2.05, 4.69) is 42.6 Å². The van der Waals surface area contributed by atoms with Crippen molar-refractivity contribution >= 4 is 11.8 Å². The Bertz CT molecular complexity index is 921. The second-order valence-electron chi connectivity index (χ2n) is 8.54. The van der Waals surface area contributed by atoms with Gasteiger partial charge in [0.1, 0.15) is 5.75 Å². The lowest BCUT2D eigenvalue weighted by atomic mass is 9.87. The smallest absolute Gasteiger partial charge is 0.261 e. The first-order valence-electron chi connectivity index (χ1n) is 11.3. The molecule has 1 aliphatic rings. The average molecular weight is 423 g/mol. The minimum absolute atomic E-state index is 0.0632. The summed E-state index contributed by atoms with van der Waals surface area (Å²) in [6.07, 6.45) is 1.32. The first-order valence-corrected chi connectivity index (χ1v) is 11.3. The maximum atomic E-state index is 12.8. The predicted octanol–water partition coefficient (Wildman–Crippen LogP) is 4.56. The molecule has 1 N–H and O–H groups in total. The lowest BCUT2D eigenvalue weighted by Gasteiger charge is -2.38. The highest BCUT2D eigenvalue weighted by atomic mass is 16.5. The number of fused-ring (bicyclic) bond motifs is 1. The van der Waals surface area contributed by atoms with Gasteiger partial charge < -0.3 is 15.0 Å². The molecule has 1 aliphatic heterocycles. The molecule has 166 valence electrons. The number of nitrogens with one attached hydrogen (secondary N) is 1. The second kappa shape index (κ2) is 9.99. The summed E-state index contributed by atoms with van der Waals surface area (Å²) >= 11 is 0. The highest BCUT2D eigenvalue weighted by Gasteiger charge is 2.32. The number of amides is 2. The van der Waals surface area contributed by atoms with Crippen molar-refractivity contribution in [2.75, 3.05) is 6.54 Å². The van der Waals surface area contributed by atoms with Crippen molar-refractivity contribution in [1.29, 1.82) is 0 Å². The van der Waals surface area contributed by atoms with Crippen LogP contribution in [0.15, 0.2) is 42.5 Å². The number of ether oxygens (including phenoxy) is 1. The fourth-order valence-electron chi connectivity index (χ4n) is 4.11. The molecule has 0 saturated carbocycles. The Labute approximate surface area is 185 Å². The van der Waals surface area contributed by atoms with Crippen LogP contribution in [0.3, 0.4) is 0 Å². The minimum Gasteiger partial charge on any atom is -0.481 e. The lowest BCUT2D eigenvalue weighted by Crippen LogP contribution is -2.41. The zero-order chi connectivity index (χ0) is 22.5. The van der Waals surface area contributed by atoms with Crippen molar-refractivity contribution in [3.63, 3.8) is 0 Å². The summed E-state index contributed by atoms with van der Waals surface area (Å²) in [5.41, 5.74) is 4.58. The number of hydrogen-bond acceptors (Lipinski definition) is 3. The molecular weight excluding hydrogens is 388 g/mol. The van der Waals surface area contributed by atoms with E-state index >= 15 is 0 Å². The van der Waals surface area contributed by atoms with Gasteiger partial charge in [0, 0.05) is 19.0 Å². The molecule has 1 heterocycles. The second-order valence-corrected chi connectivity index (χ2v) is 8.54. The van der Waals surface area contributed by atoms with Crippen molar-refractivity contribution in [3.05, 3.63) is 64.7 Å². The topological polar surface area (TPSA) is 58.6 Å². The summed E-state index contributed by atoms with van der Waals surface area (Å²) in [5.74, 6) is 0.700. The number of carbonyl (C=O) groups is 2. The van der Waals surface area contributed by atoms with E-state index in [1.54, 1.807) is 0 Å². The molecule has 3 rings (SSSR count). The minimum atomic E-state index is -0.546. The van der Waals surface area contributed by atoms with Crippen LogP contribution in [-0.2, 0) is 16.0 Å². The average Bonchev–Trinajstić information content (AvgIpc) is 2.76. The molecule has 0 saturated heterocycles. The van der Waals surface area contributed by atoms with E-state index < -0.39 is 6.10 Å². The van der Waals surface area contributed by atoms with Gasteiger partial charge >= 0.3 is 0 Å². The van der Waals surface area contributed by atoms with Gasteiger partial charge in [-0.3, -0.25) is 9.59 Å². The molecule has 2 aromatic rings. The molecule has 2 aromatic carbocycles. The van der Waals surface area contributed by atoms with E-state index in [1.165, 1.54) is 11.1 Å². The Balaban J connectivity index is 1.97. The van der Waals surface area contributed by atoms with Crippen molar-refractivity contribution in [3.8, 4) is 5.75 Å². The lowest BCUT2D eigenvalue weighted by molar-refractivity contribution is -0.133. The van der Waals surface area contributed by atoms with Gasteiger partial charge in [0.25, 0.3) is 5.91 Å². The molecule has 5 heteroatoms. The fourth-order valence-corrected chi connectivity index (χ4v) is 4.11. The van der Waals surface area contributed by atoms with E-state index in [0.717, 1.165) is 17.5 Å². The highest BCUT2D eigenvalue weighted by Crippen LogP contribution is 2.37. The van der Waals surface area contributed by atoms with Gasteiger partial charge in [-0.15, -0.1) is 0 Å². The highest BCUT2D eigenvalue weighted by molar-refractivity contribution is 5.81. The van der Waals surface area contributed by atoms with Crippen LogP contribution in [0.1, 0.15) is 68.8 Å². The largest absolute Gasteiger partial charge is 0.481 e. The van der Waals surface area contributed by atoms with Gasteiger partial charge in [-0.1, -0.05) is 49.7 Å². The first-order chi connectivity index (χ1) is 14.8. The van der Waals surface area contributed by atoms with Crippen LogP contribution < -0.4 is 10.1 Å². The van der Waals surface area contributed by atoms with Gasteiger partial charge in [-0.2, -0.15) is 0 Å². The van der Waals surface area contributed by atoms with E-state index in [-0.39, 0.29) is 23.9 Å². The van der Waals surface area contributed by atoms with E-state index in [0.29, 0.717) is 25.1 Å². The van der Waals surface area contributed by atoms with Gasteiger partial charge in [-0.05, 0) is 62.4 Å². The van der Waals surface area contributed by atoms with Crippen molar-refractivity contribution < 1.29 is 14.3 Å². The molecule has 0 radical (unpaired) electrons. The zero-order valence-electron chi connectivity index (χ0n) is 19.3. The third kappa shape index (κ3) is 5.27. The Morgan fingerprint density at radius 3 is 2.45 bits per heavy atom. The number of benzene rings is 2. The van der Waals surface area contributed by atoms with Crippen LogP contribution in [0.4, 0.5) is 0 Å². The molecule has 0 aliphatic carbocycles. The van der Waals surface area contributed by atoms with Crippen LogP contribution in [0.2, 0.25) is 0 Å². The number of nitrogens with zero attached hydrogens (tertiary/aromatic N) is 1. The molecule has 0 fully saturated rings. The normalized spacial score (nSPS) is 16.6. The van der Waals surface area contributed by atoms with Crippen LogP contribution in [-0.4, -0.2) is 35.4 Å². The summed E-state index contributed by atoms with van der Waals surface area (Å²) in [7, 11) is 0. The molecule has 0 bridgehead atoms. The summed E-state index contributed by atoms with van der Waals surface area (Å²) < 4.78 is 6.10. The molecule has 31 heavy (non-hydrogen) atoms. The SMILES string of the molecule is CCC(=O)N1CCc2ccc(O[C@@H](CC)C(=O)NC(C)C)cc2[C@H]1c1ccc(C)cc1. The van der Waals surface area contributed by atoms with E-state index in [1.807, 2.05) is 44.7 Å². The van der Waals surface area contributed by atoms with Crippen LogP contribution >= 0.6 is 0 Å². The monoisotopic (exact) mass is 422 g/mol. The maximum absolute atomic E-state index is 12.8. The van der Waals surface area contributed by atoms with Crippen LogP contribution in [0, 0.1) is 6.92 Å². The maximum Gasteiger partial charge on any atom is 0.261 e. The van der Waals surface area contributed by atoms with E-state index in [9.17, 15) is 9.59 Å². The molecule has 0 aromatic heterocycles. The third-order valence-electron chi connectivity index (χ3n) is 5.73. The van der Waals surface area contributed by atoms with Crippen molar-refractivity contribution in [2.45, 2.75) is 72.1 Å². The standard InChI is InChI=1S/C26H34N2O3/c1-6-23(26(30)27-17(3)4)31-21-13-12-19-14-15-28(24(29)7-2)25(22(19)16-21)20-10-8-18(5)9-11-20/h8-13,16-17,23,25H,6-7,14-15H2,1-5H3,(H,27,30)/t23-,25+/m0/s1. The molecule has 0 unspecified atom stereocenters.